The van der Waals surface area contributed by atoms with Crippen molar-refractivity contribution in [1.29, 1.82) is 0 Å². The Morgan fingerprint density at radius 3 is 2.60 bits per heavy atom. The van der Waals surface area contributed by atoms with Crippen LogP contribution in [0.3, 0.4) is 0 Å². The van der Waals surface area contributed by atoms with Crippen LogP contribution in [-0.4, -0.2) is 50.4 Å². The molecule has 0 N–H and O–H groups in total. The second-order valence-electron chi connectivity index (χ2n) is 6.11. The molecule has 1 aromatic carbocycles. The lowest BCUT2D eigenvalue weighted by atomic mass is 10.1. The highest BCUT2D eigenvalue weighted by atomic mass is 35.5. The van der Waals surface area contributed by atoms with E-state index in [9.17, 15) is 4.79 Å². The van der Waals surface area contributed by atoms with Crippen LogP contribution >= 0.6 is 12.4 Å². The van der Waals surface area contributed by atoms with Crippen LogP contribution in [0.15, 0.2) is 24.3 Å². The van der Waals surface area contributed by atoms with Crippen molar-refractivity contribution in [3.05, 3.63) is 24.3 Å². The Labute approximate surface area is 157 Å². The zero-order valence-electron chi connectivity index (χ0n) is 15.4. The summed E-state index contributed by atoms with van der Waals surface area (Å²) in [6, 6.07) is 7.62. The highest BCUT2D eigenvalue weighted by Crippen LogP contribution is 2.22. The van der Waals surface area contributed by atoms with Gasteiger partial charge in [-0.1, -0.05) is 19.4 Å². The van der Waals surface area contributed by atoms with E-state index in [1.54, 1.807) is 4.90 Å². The average Bonchev–Trinajstić information content (AvgIpc) is 2.62. The van der Waals surface area contributed by atoms with Gasteiger partial charge in [-0.15, -0.1) is 12.4 Å². The molecule has 0 radical (unpaired) electrons. The molecular formula is C19H31ClN2O3. The molecule has 0 aromatic heterocycles. The highest BCUT2D eigenvalue weighted by Gasteiger charge is 2.17. The maximum atomic E-state index is 12.4. The first-order chi connectivity index (χ1) is 11.7. The van der Waals surface area contributed by atoms with E-state index in [1.807, 2.05) is 31.2 Å². The molecule has 1 amide bonds. The Morgan fingerprint density at radius 1 is 1.16 bits per heavy atom. The molecule has 0 unspecified atom stereocenters. The van der Waals surface area contributed by atoms with Crippen LogP contribution in [-0.2, 0) is 4.74 Å². The first-order valence-corrected chi connectivity index (χ1v) is 9.14. The third-order valence-corrected chi connectivity index (χ3v) is 4.22. The average molecular weight is 371 g/mol. The molecule has 1 aliphatic rings. The smallest absolute Gasteiger partial charge is 0.414 e. The molecule has 0 bridgehead atoms. The van der Waals surface area contributed by atoms with Gasteiger partial charge in [-0.3, -0.25) is 9.80 Å². The number of rotatable bonds is 8. The van der Waals surface area contributed by atoms with E-state index >= 15 is 0 Å². The van der Waals surface area contributed by atoms with E-state index < -0.39 is 0 Å². The Balaban J connectivity index is 0.00000312. The summed E-state index contributed by atoms with van der Waals surface area (Å²) in [6.45, 7) is 8.77. The second kappa shape index (κ2) is 12.0. The molecule has 1 aromatic rings. The summed E-state index contributed by atoms with van der Waals surface area (Å²) in [4.78, 5) is 16.4. The number of benzene rings is 1. The van der Waals surface area contributed by atoms with Crippen molar-refractivity contribution in [2.24, 2.45) is 0 Å². The molecule has 1 fully saturated rings. The highest BCUT2D eigenvalue weighted by molar-refractivity contribution is 5.87. The molecule has 5 nitrogen and oxygen atoms in total. The molecule has 0 spiro atoms. The van der Waals surface area contributed by atoms with Gasteiger partial charge in [-0.25, -0.2) is 4.79 Å². The summed E-state index contributed by atoms with van der Waals surface area (Å²) in [5.41, 5.74) is 0.814. The molecule has 142 valence electrons. The van der Waals surface area contributed by atoms with Crippen LogP contribution in [0.1, 0.15) is 39.5 Å². The quantitative estimate of drug-likeness (QED) is 0.682. The molecule has 0 atom stereocenters. The molecule has 0 aliphatic carbocycles. The number of hydrogen-bond donors (Lipinski definition) is 0. The molecular weight excluding hydrogens is 340 g/mol. The third-order valence-electron chi connectivity index (χ3n) is 4.22. The van der Waals surface area contributed by atoms with E-state index in [0.29, 0.717) is 19.8 Å². The van der Waals surface area contributed by atoms with E-state index in [4.69, 9.17) is 9.47 Å². The van der Waals surface area contributed by atoms with Crippen molar-refractivity contribution in [2.45, 2.75) is 39.5 Å². The lowest BCUT2D eigenvalue weighted by molar-refractivity contribution is 0.126. The van der Waals surface area contributed by atoms with Crippen molar-refractivity contribution < 1.29 is 14.3 Å². The normalized spacial score (nSPS) is 14.5. The van der Waals surface area contributed by atoms with Gasteiger partial charge in [-0.05, 0) is 51.4 Å². The predicted molar refractivity (Wildman–Crippen MR) is 104 cm³/mol. The van der Waals surface area contributed by atoms with E-state index in [-0.39, 0.29) is 18.5 Å². The van der Waals surface area contributed by atoms with E-state index in [1.165, 1.54) is 19.3 Å². The zero-order chi connectivity index (χ0) is 17.2. The van der Waals surface area contributed by atoms with Crippen LogP contribution in [0.4, 0.5) is 10.5 Å². The van der Waals surface area contributed by atoms with Crippen LogP contribution in [0, 0.1) is 0 Å². The number of amides is 1. The zero-order valence-corrected chi connectivity index (χ0v) is 16.2. The minimum Gasteiger partial charge on any atom is -0.494 e. The van der Waals surface area contributed by atoms with Gasteiger partial charge < -0.3 is 9.47 Å². The minimum absolute atomic E-state index is 0. The lowest BCUT2D eigenvalue weighted by Crippen LogP contribution is -2.36. The first kappa shape index (κ1) is 21.6. The molecule has 0 saturated carbocycles. The molecule has 2 rings (SSSR count). The van der Waals surface area contributed by atoms with Crippen LogP contribution in [0.25, 0.3) is 0 Å². The summed E-state index contributed by atoms with van der Waals surface area (Å²) in [5.74, 6) is 0.786. The summed E-state index contributed by atoms with van der Waals surface area (Å²) in [7, 11) is 0. The predicted octanol–water partition coefficient (Wildman–Crippen LogP) is 4.35. The number of likely N-dealkylation sites (tertiary alicyclic amines) is 1. The van der Waals surface area contributed by atoms with Crippen LogP contribution < -0.4 is 9.64 Å². The van der Waals surface area contributed by atoms with Crippen molar-refractivity contribution >= 4 is 24.2 Å². The monoisotopic (exact) mass is 370 g/mol. The number of nitrogens with zero attached hydrogens (tertiary/aromatic N) is 2. The number of piperidine rings is 1. The fraction of sp³-hybridized carbons (Fsp3) is 0.632. The van der Waals surface area contributed by atoms with Gasteiger partial charge in [0.25, 0.3) is 0 Å². The van der Waals surface area contributed by atoms with Gasteiger partial charge >= 0.3 is 6.09 Å². The summed E-state index contributed by atoms with van der Waals surface area (Å²) in [5, 5.41) is 0. The third kappa shape index (κ3) is 7.12. The fourth-order valence-corrected chi connectivity index (χ4v) is 2.90. The molecule has 25 heavy (non-hydrogen) atoms. The number of anilines is 1. The second-order valence-corrected chi connectivity index (χ2v) is 6.11. The first-order valence-electron chi connectivity index (χ1n) is 9.14. The van der Waals surface area contributed by atoms with Crippen molar-refractivity contribution in [1.82, 2.24) is 4.90 Å². The summed E-state index contributed by atoms with van der Waals surface area (Å²) < 4.78 is 11.1. The van der Waals surface area contributed by atoms with Gasteiger partial charge in [0.15, 0.2) is 0 Å². The van der Waals surface area contributed by atoms with Crippen molar-refractivity contribution in [2.75, 3.05) is 44.3 Å². The standard InChI is InChI=1S/C19H30N2O3.ClH/c1-3-14-23-18-10-8-9-17(16-18)21(4-2)19(22)24-15-13-20-11-6-5-7-12-20;/h8-10,16H,3-7,11-15H2,1-2H3;1H. The molecule has 1 saturated heterocycles. The SMILES string of the molecule is CCCOc1cccc(N(CC)C(=O)OCCN2CCCCC2)c1.Cl. The Hall–Kier alpha value is -1.46. The fourth-order valence-electron chi connectivity index (χ4n) is 2.90. The number of ether oxygens (including phenoxy) is 2. The Morgan fingerprint density at radius 2 is 1.92 bits per heavy atom. The van der Waals surface area contributed by atoms with E-state index in [2.05, 4.69) is 11.8 Å². The Kier molecular flexibility index (Phi) is 10.3. The largest absolute Gasteiger partial charge is 0.494 e. The maximum absolute atomic E-state index is 12.4. The topological polar surface area (TPSA) is 42.0 Å². The summed E-state index contributed by atoms with van der Waals surface area (Å²) in [6.07, 6.45) is 4.48. The maximum Gasteiger partial charge on any atom is 0.414 e. The van der Waals surface area contributed by atoms with Gasteiger partial charge in [0.1, 0.15) is 12.4 Å². The van der Waals surface area contributed by atoms with Crippen molar-refractivity contribution in [3.63, 3.8) is 0 Å². The van der Waals surface area contributed by atoms with Crippen molar-refractivity contribution in [3.8, 4) is 5.75 Å². The Bertz CT molecular complexity index is 507. The molecule has 1 heterocycles. The molecule has 6 heteroatoms. The molecule has 1 aliphatic heterocycles. The van der Waals surface area contributed by atoms with E-state index in [0.717, 1.165) is 37.5 Å². The van der Waals surface area contributed by atoms with Gasteiger partial charge in [0.05, 0.1) is 12.3 Å². The minimum atomic E-state index is -0.290. The summed E-state index contributed by atoms with van der Waals surface area (Å²) >= 11 is 0. The number of carbonyl (C=O) groups is 1. The lowest BCUT2D eigenvalue weighted by Gasteiger charge is -2.27. The van der Waals surface area contributed by atoms with Gasteiger partial charge in [0.2, 0.25) is 0 Å². The van der Waals surface area contributed by atoms with Gasteiger partial charge in [0, 0.05) is 19.2 Å². The van der Waals surface area contributed by atoms with Crippen LogP contribution in [0.2, 0.25) is 0 Å². The van der Waals surface area contributed by atoms with Gasteiger partial charge in [-0.2, -0.15) is 0 Å². The number of hydrogen-bond acceptors (Lipinski definition) is 4. The number of carbonyl (C=O) groups excluding carboxylic acids is 1. The number of halogens is 1. The van der Waals surface area contributed by atoms with Crippen LogP contribution in [0.5, 0.6) is 5.75 Å².